The predicted molar refractivity (Wildman–Crippen MR) is 102 cm³/mol. The molecule has 0 radical (unpaired) electrons. The maximum atomic E-state index is 6.51. The Hall–Kier alpha value is -2.15. The van der Waals surface area contributed by atoms with E-state index in [4.69, 9.17) is 9.26 Å². The predicted octanol–water partition coefficient (Wildman–Crippen LogP) is 4.82. The number of rotatable bonds is 6. The molecule has 0 spiro atoms. The molecule has 122 valence electrons. The van der Waals surface area contributed by atoms with Gasteiger partial charge in [0.25, 0.3) is 0 Å². The van der Waals surface area contributed by atoms with Gasteiger partial charge in [-0.3, -0.25) is 0 Å². The third-order valence-corrected chi connectivity index (χ3v) is 5.89. The second-order valence-corrected chi connectivity index (χ2v) is 7.32. The lowest BCUT2D eigenvalue weighted by atomic mass is 10.1. The molecule has 0 bridgehead atoms. The molecule has 2 nitrogen and oxygen atoms in total. The molecular weight excluding hydrogens is 315 g/mol. The van der Waals surface area contributed by atoms with Crippen LogP contribution in [0.5, 0.6) is 5.75 Å². The van der Waals surface area contributed by atoms with Crippen molar-refractivity contribution in [2.45, 2.75) is 13.0 Å². The van der Waals surface area contributed by atoms with Crippen LogP contribution in [0.2, 0.25) is 0 Å². The summed E-state index contributed by atoms with van der Waals surface area (Å²) in [4.78, 5) is 0. The second-order valence-electron chi connectivity index (χ2n) is 5.49. The van der Waals surface area contributed by atoms with Crippen molar-refractivity contribution < 1.29 is 9.26 Å². The van der Waals surface area contributed by atoms with Gasteiger partial charge >= 0.3 is 0 Å². The van der Waals surface area contributed by atoms with Gasteiger partial charge in [-0.2, -0.15) is 0 Å². The highest BCUT2D eigenvalue weighted by atomic mass is 31.1. The summed E-state index contributed by atoms with van der Waals surface area (Å²) in [6.07, 6.45) is 0.00225. The monoisotopic (exact) mass is 336 g/mol. The van der Waals surface area contributed by atoms with E-state index in [-0.39, 0.29) is 6.10 Å². The topological polar surface area (TPSA) is 18.5 Å². The Morgan fingerprint density at radius 1 is 0.708 bits per heavy atom. The first-order valence-electron chi connectivity index (χ1n) is 7.99. The quantitative estimate of drug-likeness (QED) is 0.601. The van der Waals surface area contributed by atoms with Crippen LogP contribution < -0.4 is 15.3 Å². The van der Waals surface area contributed by atoms with Crippen LogP contribution in [0.1, 0.15) is 18.6 Å². The molecule has 0 heterocycles. The molecule has 0 aliphatic heterocycles. The average molecular weight is 336 g/mol. The fourth-order valence-electron chi connectivity index (χ4n) is 2.49. The van der Waals surface area contributed by atoms with Crippen LogP contribution in [0, 0.1) is 0 Å². The summed E-state index contributed by atoms with van der Waals surface area (Å²) in [6, 6.07) is 29.0. The molecule has 3 rings (SSSR count). The van der Waals surface area contributed by atoms with Gasteiger partial charge in [-0.25, -0.2) is 0 Å². The van der Waals surface area contributed by atoms with Crippen molar-refractivity contribution in [3.63, 3.8) is 0 Å². The Labute approximate surface area is 144 Å². The third kappa shape index (κ3) is 4.03. The molecule has 0 aliphatic rings. The molecule has 0 aromatic heterocycles. The molecule has 0 saturated heterocycles. The van der Waals surface area contributed by atoms with Gasteiger partial charge < -0.3 is 9.26 Å². The van der Waals surface area contributed by atoms with Crippen LogP contribution in [-0.4, -0.2) is 7.11 Å². The number of hydrogen-bond acceptors (Lipinski definition) is 2. The first-order valence-corrected chi connectivity index (χ1v) is 9.25. The summed E-state index contributed by atoms with van der Waals surface area (Å²) in [5, 5.41) is 2.44. The van der Waals surface area contributed by atoms with Crippen molar-refractivity contribution >= 4 is 18.8 Å². The minimum atomic E-state index is -0.856. The Morgan fingerprint density at radius 3 is 1.67 bits per heavy atom. The van der Waals surface area contributed by atoms with Crippen LogP contribution in [0.4, 0.5) is 0 Å². The standard InChI is InChI=1S/C21H21O2P/c1-17(18-13-15-19(22-2)16-14-18)23-24(20-9-5-3-6-10-20)21-11-7-4-8-12-21/h3-17H,1-2H3/t17-/m0/s1. The lowest BCUT2D eigenvalue weighted by molar-refractivity contribution is 0.261. The van der Waals surface area contributed by atoms with Crippen molar-refractivity contribution in [2.24, 2.45) is 0 Å². The third-order valence-electron chi connectivity index (χ3n) is 3.83. The van der Waals surface area contributed by atoms with Gasteiger partial charge in [0.15, 0.2) is 0 Å². The van der Waals surface area contributed by atoms with Gasteiger partial charge in [0.1, 0.15) is 5.75 Å². The summed E-state index contributed by atoms with van der Waals surface area (Å²) < 4.78 is 11.7. The van der Waals surface area contributed by atoms with E-state index in [2.05, 4.69) is 67.6 Å². The molecule has 1 atom stereocenters. The van der Waals surface area contributed by atoms with Crippen molar-refractivity contribution in [1.29, 1.82) is 0 Å². The van der Waals surface area contributed by atoms with Crippen molar-refractivity contribution in [3.05, 3.63) is 90.5 Å². The first kappa shape index (κ1) is 16.7. The van der Waals surface area contributed by atoms with Crippen molar-refractivity contribution in [1.82, 2.24) is 0 Å². The number of ether oxygens (including phenoxy) is 1. The molecule has 3 aromatic carbocycles. The Kier molecular flexibility index (Phi) is 5.63. The maximum absolute atomic E-state index is 6.51. The first-order chi connectivity index (χ1) is 11.8. The van der Waals surface area contributed by atoms with Gasteiger partial charge in [0.2, 0.25) is 0 Å². The minimum Gasteiger partial charge on any atom is -0.497 e. The number of hydrogen-bond donors (Lipinski definition) is 0. The molecule has 3 aromatic rings. The largest absolute Gasteiger partial charge is 0.497 e. The lowest BCUT2D eigenvalue weighted by Gasteiger charge is -2.23. The van der Waals surface area contributed by atoms with Crippen LogP contribution in [-0.2, 0) is 4.52 Å². The molecule has 0 unspecified atom stereocenters. The molecular formula is C21H21O2P. The zero-order valence-corrected chi connectivity index (χ0v) is 14.8. The van der Waals surface area contributed by atoms with Gasteiger partial charge in [-0.1, -0.05) is 72.8 Å². The van der Waals surface area contributed by atoms with Crippen molar-refractivity contribution in [3.8, 4) is 5.75 Å². The fourth-order valence-corrected chi connectivity index (χ4v) is 4.36. The summed E-state index contributed by atoms with van der Waals surface area (Å²) >= 11 is 0. The van der Waals surface area contributed by atoms with E-state index in [1.165, 1.54) is 10.6 Å². The SMILES string of the molecule is COc1ccc([C@H](C)OP(c2ccccc2)c2ccccc2)cc1. The molecule has 0 saturated carbocycles. The van der Waals surface area contributed by atoms with E-state index in [1.54, 1.807) is 7.11 Å². The molecule has 24 heavy (non-hydrogen) atoms. The number of methoxy groups -OCH3 is 1. The highest BCUT2D eigenvalue weighted by Crippen LogP contribution is 2.40. The molecule has 0 N–H and O–H groups in total. The van der Waals surface area contributed by atoms with Gasteiger partial charge in [-0.15, -0.1) is 0 Å². The van der Waals surface area contributed by atoms with Crippen LogP contribution in [0.15, 0.2) is 84.9 Å². The molecule has 0 aliphatic carbocycles. The highest BCUT2D eigenvalue weighted by molar-refractivity contribution is 7.68. The normalized spacial score (nSPS) is 12.1. The van der Waals surface area contributed by atoms with E-state index in [1.807, 2.05) is 24.3 Å². The van der Waals surface area contributed by atoms with E-state index in [0.717, 1.165) is 11.3 Å². The summed E-state index contributed by atoms with van der Waals surface area (Å²) in [5.74, 6) is 0.860. The van der Waals surface area contributed by atoms with Gasteiger partial charge in [0, 0.05) is 10.6 Å². The minimum absolute atomic E-state index is 0.00225. The maximum Gasteiger partial charge on any atom is 0.118 e. The molecule has 3 heteroatoms. The summed E-state index contributed by atoms with van der Waals surface area (Å²) in [6.45, 7) is 2.10. The average Bonchev–Trinajstić information content (AvgIpc) is 2.67. The van der Waals surface area contributed by atoms with E-state index in [0.29, 0.717) is 0 Å². The van der Waals surface area contributed by atoms with Crippen LogP contribution in [0.3, 0.4) is 0 Å². The van der Waals surface area contributed by atoms with E-state index < -0.39 is 8.15 Å². The molecule has 0 amide bonds. The fraction of sp³-hybridized carbons (Fsp3) is 0.143. The van der Waals surface area contributed by atoms with Gasteiger partial charge in [-0.05, 0) is 24.6 Å². The van der Waals surface area contributed by atoms with E-state index >= 15 is 0 Å². The Balaban J connectivity index is 1.86. The van der Waals surface area contributed by atoms with Crippen LogP contribution >= 0.6 is 8.15 Å². The zero-order valence-electron chi connectivity index (χ0n) is 13.9. The van der Waals surface area contributed by atoms with Crippen LogP contribution in [0.25, 0.3) is 0 Å². The number of benzene rings is 3. The van der Waals surface area contributed by atoms with E-state index in [9.17, 15) is 0 Å². The summed E-state index contributed by atoms with van der Waals surface area (Å²) in [5.41, 5.74) is 1.15. The molecule has 0 fully saturated rings. The Bertz CT molecular complexity index is 702. The second kappa shape index (κ2) is 8.10. The lowest BCUT2D eigenvalue weighted by Crippen LogP contribution is -2.15. The van der Waals surface area contributed by atoms with Crippen molar-refractivity contribution in [2.75, 3.05) is 7.11 Å². The zero-order chi connectivity index (χ0) is 16.8. The smallest absolute Gasteiger partial charge is 0.118 e. The van der Waals surface area contributed by atoms with Gasteiger partial charge in [0.05, 0.1) is 21.4 Å². The summed E-state index contributed by atoms with van der Waals surface area (Å²) in [7, 11) is 0.823. The Morgan fingerprint density at radius 2 is 1.21 bits per heavy atom. The highest BCUT2D eigenvalue weighted by Gasteiger charge is 2.19.